The average Bonchev–Trinajstić information content (AvgIpc) is 2.85. The fourth-order valence-corrected chi connectivity index (χ4v) is 4.89. The highest BCUT2D eigenvalue weighted by Gasteiger charge is 2.39. The summed E-state index contributed by atoms with van der Waals surface area (Å²) >= 11 is 0. The van der Waals surface area contributed by atoms with E-state index in [9.17, 15) is 22.8 Å². The first-order chi connectivity index (χ1) is 16.8. The van der Waals surface area contributed by atoms with E-state index in [2.05, 4.69) is 10.2 Å². The molecule has 35 heavy (non-hydrogen) atoms. The number of ether oxygens (including phenoxy) is 1. The number of halogens is 3. The molecule has 2 heterocycles. The maximum Gasteiger partial charge on any atom is 0.324 e. The third kappa shape index (κ3) is 6.02. The van der Waals surface area contributed by atoms with Crippen LogP contribution >= 0.6 is 0 Å². The van der Waals surface area contributed by atoms with Gasteiger partial charge in [0.2, 0.25) is 0 Å². The molecule has 2 aromatic rings. The van der Waals surface area contributed by atoms with E-state index in [-0.39, 0.29) is 12.4 Å². The number of likely N-dealkylation sites (tertiary alicyclic amines) is 1. The molecule has 2 aliphatic rings. The molecule has 6 nitrogen and oxygen atoms in total. The molecule has 0 saturated carbocycles. The summed E-state index contributed by atoms with van der Waals surface area (Å²) in [6.07, 6.45) is 2.13. The van der Waals surface area contributed by atoms with Crippen LogP contribution in [0.4, 0.5) is 18.0 Å². The Morgan fingerprint density at radius 3 is 2.40 bits per heavy atom. The monoisotopic (exact) mass is 489 g/mol. The van der Waals surface area contributed by atoms with Gasteiger partial charge in [0.1, 0.15) is 12.4 Å². The zero-order valence-corrected chi connectivity index (χ0v) is 19.7. The minimum Gasteiger partial charge on any atom is -0.366 e. The molecular weight excluding hydrogens is 459 g/mol. The molecule has 1 N–H and O–H groups in total. The lowest BCUT2D eigenvalue weighted by atomic mass is 9.89. The third-order valence-electron chi connectivity index (χ3n) is 6.82. The highest BCUT2D eigenvalue weighted by Crippen LogP contribution is 2.31. The van der Waals surface area contributed by atoms with Gasteiger partial charge in [-0.25, -0.2) is 18.0 Å². The normalized spacial score (nSPS) is 21.8. The standard InChI is InChI=1S/C26H30F3N3O3/c1-17-25(20-5-8-22(28)23(29)15-20)32(24(33)16-35-17)26(34)30-11-2-12-31-13-9-19(10-14-31)18-3-6-21(27)7-4-18/h3-8,15,17,19,25H,2,9-14,16H2,1H3,(H,30,34). The molecule has 0 spiro atoms. The van der Waals surface area contributed by atoms with Crippen LogP contribution in [0, 0.1) is 17.5 Å². The Morgan fingerprint density at radius 2 is 1.71 bits per heavy atom. The second-order valence-corrected chi connectivity index (χ2v) is 9.15. The molecule has 2 aromatic carbocycles. The second-order valence-electron chi connectivity index (χ2n) is 9.15. The van der Waals surface area contributed by atoms with Gasteiger partial charge in [-0.1, -0.05) is 18.2 Å². The molecule has 9 heteroatoms. The molecular formula is C26H30F3N3O3. The van der Waals surface area contributed by atoms with Crippen LogP contribution in [0.1, 0.15) is 49.3 Å². The van der Waals surface area contributed by atoms with Gasteiger partial charge in [-0.2, -0.15) is 0 Å². The molecule has 0 bridgehead atoms. The molecule has 0 aliphatic carbocycles. The summed E-state index contributed by atoms with van der Waals surface area (Å²) < 4.78 is 45.8. The summed E-state index contributed by atoms with van der Waals surface area (Å²) in [5, 5.41) is 2.79. The number of imide groups is 1. The molecule has 188 valence electrons. The van der Waals surface area contributed by atoms with Crippen molar-refractivity contribution in [2.24, 2.45) is 0 Å². The number of carbonyl (C=O) groups excluding carboxylic acids is 2. The first kappa shape index (κ1) is 25.2. The van der Waals surface area contributed by atoms with Crippen molar-refractivity contribution in [3.63, 3.8) is 0 Å². The van der Waals surface area contributed by atoms with Crippen molar-refractivity contribution in [2.75, 3.05) is 32.8 Å². The predicted octanol–water partition coefficient (Wildman–Crippen LogP) is 4.37. The van der Waals surface area contributed by atoms with Crippen LogP contribution in [0.3, 0.4) is 0 Å². The molecule has 2 unspecified atom stereocenters. The van der Waals surface area contributed by atoms with Gasteiger partial charge in [-0.05, 0) is 87.1 Å². The average molecular weight is 490 g/mol. The number of hydrogen-bond donors (Lipinski definition) is 1. The van der Waals surface area contributed by atoms with Gasteiger partial charge in [0.05, 0.1) is 12.1 Å². The van der Waals surface area contributed by atoms with Crippen LogP contribution < -0.4 is 5.32 Å². The van der Waals surface area contributed by atoms with Gasteiger partial charge in [0.25, 0.3) is 5.91 Å². The topological polar surface area (TPSA) is 61.9 Å². The van der Waals surface area contributed by atoms with Crippen LogP contribution in [-0.2, 0) is 9.53 Å². The summed E-state index contributed by atoms with van der Waals surface area (Å²) in [7, 11) is 0. The van der Waals surface area contributed by atoms with E-state index in [1.807, 2.05) is 12.1 Å². The number of benzene rings is 2. The lowest BCUT2D eigenvalue weighted by molar-refractivity contribution is -0.150. The van der Waals surface area contributed by atoms with Crippen LogP contribution in [0.15, 0.2) is 42.5 Å². The lowest BCUT2D eigenvalue weighted by Crippen LogP contribution is -2.54. The summed E-state index contributed by atoms with van der Waals surface area (Å²) in [4.78, 5) is 28.8. The Hall–Kier alpha value is -2.91. The lowest BCUT2D eigenvalue weighted by Gasteiger charge is -2.38. The van der Waals surface area contributed by atoms with Crippen molar-refractivity contribution in [1.82, 2.24) is 15.1 Å². The zero-order valence-electron chi connectivity index (χ0n) is 19.7. The van der Waals surface area contributed by atoms with Crippen LogP contribution in [0.2, 0.25) is 0 Å². The van der Waals surface area contributed by atoms with E-state index in [0.29, 0.717) is 24.4 Å². The number of hydrogen-bond acceptors (Lipinski definition) is 4. The smallest absolute Gasteiger partial charge is 0.324 e. The molecule has 0 aromatic heterocycles. The van der Waals surface area contributed by atoms with Gasteiger partial charge in [0, 0.05) is 6.54 Å². The van der Waals surface area contributed by atoms with Crippen molar-refractivity contribution < 1.29 is 27.5 Å². The van der Waals surface area contributed by atoms with Gasteiger partial charge in [0.15, 0.2) is 11.6 Å². The van der Waals surface area contributed by atoms with Crippen molar-refractivity contribution >= 4 is 11.9 Å². The first-order valence-electron chi connectivity index (χ1n) is 12.0. The molecule has 2 atom stereocenters. The van der Waals surface area contributed by atoms with Gasteiger partial charge < -0.3 is 15.0 Å². The number of morpholine rings is 1. The van der Waals surface area contributed by atoms with Gasteiger partial charge >= 0.3 is 6.03 Å². The Morgan fingerprint density at radius 1 is 1.03 bits per heavy atom. The Labute approximate surface area is 203 Å². The Balaban J connectivity index is 1.27. The van der Waals surface area contributed by atoms with Crippen molar-refractivity contribution in [1.29, 1.82) is 0 Å². The number of carbonyl (C=O) groups is 2. The Bertz CT molecular complexity index is 1040. The molecule has 0 radical (unpaired) electrons. The van der Waals surface area contributed by atoms with Crippen LogP contribution in [0.5, 0.6) is 0 Å². The number of piperidine rings is 1. The van der Waals surface area contributed by atoms with E-state index in [0.717, 1.165) is 49.5 Å². The van der Waals surface area contributed by atoms with Crippen molar-refractivity contribution in [3.05, 3.63) is 71.0 Å². The fraction of sp³-hybridized carbons (Fsp3) is 0.462. The Kier molecular flexibility index (Phi) is 8.07. The number of urea groups is 1. The van der Waals surface area contributed by atoms with Crippen LogP contribution in [-0.4, -0.2) is 60.6 Å². The highest BCUT2D eigenvalue weighted by molar-refractivity contribution is 5.96. The van der Waals surface area contributed by atoms with Crippen LogP contribution in [0.25, 0.3) is 0 Å². The minimum atomic E-state index is -1.05. The van der Waals surface area contributed by atoms with E-state index in [1.54, 1.807) is 6.92 Å². The van der Waals surface area contributed by atoms with Gasteiger partial charge in [-0.3, -0.25) is 9.69 Å². The number of amides is 3. The highest BCUT2D eigenvalue weighted by atomic mass is 19.2. The van der Waals surface area contributed by atoms with Crippen molar-refractivity contribution in [3.8, 4) is 0 Å². The van der Waals surface area contributed by atoms with E-state index in [1.165, 1.54) is 23.8 Å². The molecule has 2 saturated heterocycles. The number of nitrogens with zero attached hydrogens (tertiary/aromatic N) is 2. The minimum absolute atomic E-state index is 0.224. The van der Waals surface area contributed by atoms with E-state index >= 15 is 0 Å². The largest absolute Gasteiger partial charge is 0.366 e. The van der Waals surface area contributed by atoms with E-state index < -0.39 is 35.7 Å². The molecule has 4 rings (SSSR count). The quantitative estimate of drug-likeness (QED) is 0.613. The fourth-order valence-electron chi connectivity index (χ4n) is 4.89. The molecule has 2 aliphatic heterocycles. The number of nitrogens with one attached hydrogen (secondary N) is 1. The zero-order chi connectivity index (χ0) is 24.9. The molecule has 3 amide bonds. The van der Waals surface area contributed by atoms with Crippen molar-refractivity contribution in [2.45, 2.75) is 44.2 Å². The summed E-state index contributed by atoms with van der Waals surface area (Å²) in [5.74, 6) is -2.37. The number of rotatable bonds is 6. The maximum atomic E-state index is 13.8. The summed E-state index contributed by atoms with van der Waals surface area (Å²) in [6, 6.07) is 8.62. The van der Waals surface area contributed by atoms with E-state index in [4.69, 9.17) is 4.74 Å². The predicted molar refractivity (Wildman–Crippen MR) is 124 cm³/mol. The maximum absolute atomic E-state index is 13.8. The third-order valence-corrected chi connectivity index (χ3v) is 6.82. The first-order valence-corrected chi connectivity index (χ1v) is 12.0. The summed E-state index contributed by atoms with van der Waals surface area (Å²) in [6.45, 7) is 4.46. The van der Waals surface area contributed by atoms with Gasteiger partial charge in [-0.15, -0.1) is 0 Å². The SMILES string of the molecule is CC1OCC(=O)N(C(=O)NCCCN2CCC(c3ccc(F)cc3)CC2)C1c1ccc(F)c(F)c1. The summed E-state index contributed by atoms with van der Waals surface area (Å²) in [5.41, 5.74) is 1.46. The molecule has 2 fully saturated rings. The second kappa shape index (κ2) is 11.2.